The predicted molar refractivity (Wildman–Crippen MR) is 58.5 cm³/mol. The highest BCUT2D eigenvalue weighted by atomic mass is 32.2. The van der Waals surface area contributed by atoms with Crippen LogP contribution in [0.25, 0.3) is 0 Å². The third-order valence-electron chi connectivity index (χ3n) is 2.06. The van der Waals surface area contributed by atoms with Crippen LogP contribution in [0.5, 0.6) is 0 Å². The van der Waals surface area contributed by atoms with E-state index >= 15 is 0 Å². The van der Waals surface area contributed by atoms with Crippen LogP contribution in [0.2, 0.25) is 0 Å². The fourth-order valence-electron chi connectivity index (χ4n) is 1.19. The van der Waals surface area contributed by atoms with E-state index in [1.807, 2.05) is 17.7 Å². The molecule has 4 nitrogen and oxygen atoms in total. The van der Waals surface area contributed by atoms with Gasteiger partial charge in [-0.25, -0.2) is 4.98 Å². The van der Waals surface area contributed by atoms with E-state index in [0.717, 1.165) is 18.8 Å². The summed E-state index contributed by atoms with van der Waals surface area (Å²) < 4.78 is 13.4. The lowest BCUT2D eigenvalue weighted by atomic mass is 10.5. The Labute approximate surface area is 87.0 Å². The van der Waals surface area contributed by atoms with Crippen molar-refractivity contribution in [3.05, 3.63) is 18.2 Å². The van der Waals surface area contributed by atoms with Gasteiger partial charge in [-0.05, 0) is 19.9 Å². The van der Waals surface area contributed by atoms with Crippen LogP contribution in [0.1, 0.15) is 12.2 Å². The summed E-state index contributed by atoms with van der Waals surface area (Å²) in [7, 11) is -0.741. The Morgan fingerprint density at radius 1 is 1.57 bits per heavy atom. The fraction of sp³-hybridized carbons (Fsp3) is 0.667. The Hall–Kier alpha value is -0.680. The molecule has 0 bridgehead atoms. The molecule has 0 aliphatic carbocycles. The number of hydrogen-bond donors (Lipinski definition) is 1. The molecule has 0 saturated carbocycles. The maximum Gasteiger partial charge on any atom is 0.105 e. The molecule has 1 atom stereocenters. The number of aromatic nitrogens is 2. The third kappa shape index (κ3) is 3.59. The normalized spacial score (nSPS) is 13.0. The number of hydrogen-bond acceptors (Lipinski definition) is 3. The first-order valence-electron chi connectivity index (χ1n) is 4.77. The number of aryl methyl sites for hydroxylation is 2. The van der Waals surface area contributed by atoms with Gasteiger partial charge in [-0.2, -0.15) is 0 Å². The molecule has 0 saturated heterocycles. The van der Waals surface area contributed by atoms with Crippen molar-refractivity contribution in [2.75, 3.05) is 18.1 Å². The highest BCUT2D eigenvalue weighted by Gasteiger charge is 2.01. The van der Waals surface area contributed by atoms with Gasteiger partial charge >= 0.3 is 0 Å². The summed E-state index contributed by atoms with van der Waals surface area (Å²) in [6.07, 6.45) is 4.52. The first-order chi connectivity index (χ1) is 6.74. The largest absolute Gasteiger partial charge is 0.334 e. The van der Waals surface area contributed by atoms with Crippen molar-refractivity contribution in [1.82, 2.24) is 9.55 Å². The van der Waals surface area contributed by atoms with Crippen LogP contribution in [-0.2, 0) is 17.3 Å². The molecule has 1 heterocycles. The number of rotatable bonds is 6. The second-order valence-electron chi connectivity index (χ2n) is 3.16. The van der Waals surface area contributed by atoms with Crippen molar-refractivity contribution in [1.29, 1.82) is 0 Å². The second-order valence-corrected chi connectivity index (χ2v) is 4.85. The van der Waals surface area contributed by atoms with E-state index in [4.69, 9.17) is 5.73 Å². The van der Waals surface area contributed by atoms with Crippen LogP contribution in [0.3, 0.4) is 0 Å². The molecule has 1 aromatic rings. The van der Waals surface area contributed by atoms with Crippen molar-refractivity contribution in [3.63, 3.8) is 0 Å². The Morgan fingerprint density at radius 2 is 2.36 bits per heavy atom. The van der Waals surface area contributed by atoms with Crippen molar-refractivity contribution >= 4 is 10.8 Å². The summed E-state index contributed by atoms with van der Waals surface area (Å²) >= 11 is 0. The summed E-state index contributed by atoms with van der Waals surface area (Å²) in [4.78, 5) is 4.10. The van der Waals surface area contributed by atoms with Crippen molar-refractivity contribution < 1.29 is 4.21 Å². The predicted octanol–water partition coefficient (Wildman–Crippen LogP) is 0.289. The molecular formula is C9H17N3OS. The van der Waals surface area contributed by atoms with E-state index in [1.54, 1.807) is 6.20 Å². The van der Waals surface area contributed by atoms with Gasteiger partial charge in [0.05, 0.1) is 0 Å². The molecule has 0 fully saturated rings. The highest BCUT2D eigenvalue weighted by Crippen LogP contribution is 1.96. The van der Waals surface area contributed by atoms with Gasteiger partial charge in [0, 0.05) is 41.2 Å². The fourth-order valence-corrected chi connectivity index (χ4v) is 2.28. The average Bonchev–Trinajstić information content (AvgIpc) is 2.58. The molecule has 14 heavy (non-hydrogen) atoms. The van der Waals surface area contributed by atoms with Gasteiger partial charge in [-0.15, -0.1) is 0 Å². The van der Waals surface area contributed by atoms with E-state index < -0.39 is 10.8 Å². The molecule has 0 spiro atoms. The van der Waals surface area contributed by atoms with Gasteiger partial charge in [0.2, 0.25) is 0 Å². The molecule has 0 aliphatic heterocycles. The van der Waals surface area contributed by atoms with Gasteiger partial charge < -0.3 is 10.3 Å². The molecular weight excluding hydrogens is 198 g/mol. The monoisotopic (exact) mass is 215 g/mol. The van der Waals surface area contributed by atoms with Crippen LogP contribution in [0, 0.1) is 6.92 Å². The summed E-state index contributed by atoms with van der Waals surface area (Å²) in [6.45, 7) is 3.35. The van der Waals surface area contributed by atoms with Crippen LogP contribution in [0.4, 0.5) is 0 Å². The van der Waals surface area contributed by atoms with Gasteiger partial charge in [0.25, 0.3) is 0 Å². The van der Waals surface area contributed by atoms with Crippen LogP contribution >= 0.6 is 0 Å². The SMILES string of the molecule is Cc1nccn1CCS(=O)CCCN. The quantitative estimate of drug-likeness (QED) is 0.742. The van der Waals surface area contributed by atoms with E-state index in [9.17, 15) is 4.21 Å². The Kier molecular flexibility index (Phi) is 4.82. The minimum atomic E-state index is -0.741. The molecule has 0 radical (unpaired) electrons. The van der Waals surface area contributed by atoms with Crippen molar-refractivity contribution in [2.24, 2.45) is 5.73 Å². The summed E-state index contributed by atoms with van der Waals surface area (Å²) in [5, 5.41) is 0. The third-order valence-corrected chi connectivity index (χ3v) is 3.44. The zero-order valence-corrected chi connectivity index (χ0v) is 9.30. The van der Waals surface area contributed by atoms with Crippen LogP contribution < -0.4 is 5.73 Å². The molecule has 0 aliphatic rings. The lowest BCUT2D eigenvalue weighted by Crippen LogP contribution is -2.13. The average molecular weight is 215 g/mol. The smallest absolute Gasteiger partial charge is 0.105 e. The maximum atomic E-state index is 11.4. The van der Waals surface area contributed by atoms with Gasteiger partial charge in [-0.1, -0.05) is 0 Å². The summed E-state index contributed by atoms with van der Waals surface area (Å²) in [5.41, 5.74) is 5.34. The molecule has 1 rings (SSSR count). The molecule has 80 valence electrons. The lowest BCUT2D eigenvalue weighted by Gasteiger charge is -2.04. The number of nitrogens with two attached hydrogens (primary N) is 1. The number of nitrogens with zero attached hydrogens (tertiary/aromatic N) is 2. The van der Waals surface area contributed by atoms with Gasteiger partial charge in [0.15, 0.2) is 0 Å². The van der Waals surface area contributed by atoms with E-state index in [1.165, 1.54) is 0 Å². The van der Waals surface area contributed by atoms with Gasteiger partial charge in [-0.3, -0.25) is 4.21 Å². The topological polar surface area (TPSA) is 60.9 Å². The molecule has 2 N–H and O–H groups in total. The summed E-state index contributed by atoms with van der Waals surface area (Å²) in [5.74, 6) is 2.38. The molecule has 5 heteroatoms. The minimum absolute atomic E-state index is 0.621. The number of imidazole rings is 1. The molecule has 1 unspecified atom stereocenters. The van der Waals surface area contributed by atoms with E-state index in [-0.39, 0.29) is 0 Å². The first-order valence-corrected chi connectivity index (χ1v) is 6.25. The Morgan fingerprint density at radius 3 is 2.93 bits per heavy atom. The van der Waals surface area contributed by atoms with Crippen LogP contribution in [-0.4, -0.2) is 31.8 Å². The standard InChI is InChI=1S/C9H17N3OS/c1-9-11-4-5-12(9)6-8-14(13)7-2-3-10/h4-5H,2-3,6-8,10H2,1H3. The second kappa shape index (κ2) is 5.93. The summed E-state index contributed by atoms with van der Waals surface area (Å²) in [6, 6.07) is 0. The lowest BCUT2D eigenvalue weighted by molar-refractivity contribution is 0.667. The van der Waals surface area contributed by atoms with Crippen LogP contribution in [0.15, 0.2) is 12.4 Å². The Balaban J connectivity index is 2.27. The van der Waals surface area contributed by atoms with Gasteiger partial charge in [0.1, 0.15) is 5.82 Å². The minimum Gasteiger partial charge on any atom is -0.334 e. The highest BCUT2D eigenvalue weighted by molar-refractivity contribution is 7.84. The van der Waals surface area contributed by atoms with E-state index in [0.29, 0.717) is 18.1 Å². The Bertz CT molecular complexity index is 298. The molecule has 0 aromatic carbocycles. The maximum absolute atomic E-state index is 11.4. The zero-order chi connectivity index (χ0) is 10.4. The van der Waals surface area contributed by atoms with E-state index in [2.05, 4.69) is 4.98 Å². The molecule has 0 amide bonds. The van der Waals surface area contributed by atoms with Crippen molar-refractivity contribution in [3.8, 4) is 0 Å². The van der Waals surface area contributed by atoms with Crippen molar-refractivity contribution in [2.45, 2.75) is 19.9 Å². The first kappa shape index (κ1) is 11.4. The molecule has 1 aromatic heterocycles. The zero-order valence-electron chi connectivity index (χ0n) is 8.48.